The molecule has 0 saturated carbocycles. The third-order valence-corrected chi connectivity index (χ3v) is 7.50. The van der Waals surface area contributed by atoms with Gasteiger partial charge in [0.05, 0.1) is 18.0 Å². The highest BCUT2D eigenvalue weighted by Crippen LogP contribution is 2.25. The van der Waals surface area contributed by atoms with Crippen LogP contribution < -0.4 is 14.4 Å². The summed E-state index contributed by atoms with van der Waals surface area (Å²) in [5.41, 5.74) is 3.19. The third-order valence-electron chi connectivity index (χ3n) is 6.06. The van der Waals surface area contributed by atoms with Gasteiger partial charge in [0.15, 0.2) is 0 Å². The summed E-state index contributed by atoms with van der Waals surface area (Å²) >= 11 is 0. The molecule has 1 aliphatic rings. The van der Waals surface area contributed by atoms with Crippen LogP contribution in [0.3, 0.4) is 0 Å². The van der Waals surface area contributed by atoms with Crippen LogP contribution in [0.1, 0.15) is 17.2 Å². The molecule has 0 amide bonds. The molecule has 1 saturated heterocycles. The molecule has 1 atom stereocenters. The summed E-state index contributed by atoms with van der Waals surface area (Å²) in [6, 6.07) is 18.8. The van der Waals surface area contributed by atoms with Gasteiger partial charge in [-0.3, -0.25) is 9.88 Å². The van der Waals surface area contributed by atoms with E-state index in [1.165, 1.54) is 0 Å². The third kappa shape index (κ3) is 5.71. The number of aromatic nitrogens is 1. The first-order valence-electron chi connectivity index (χ1n) is 11.1. The van der Waals surface area contributed by atoms with Gasteiger partial charge in [0.25, 0.3) is 0 Å². The van der Waals surface area contributed by atoms with Gasteiger partial charge < -0.3 is 9.64 Å². The topological polar surface area (TPSA) is 74.8 Å². The van der Waals surface area contributed by atoms with Gasteiger partial charge in [-0.25, -0.2) is 13.1 Å². The predicted octanol–water partition coefficient (Wildman–Crippen LogP) is 3.24. The van der Waals surface area contributed by atoms with E-state index in [9.17, 15) is 8.42 Å². The maximum absolute atomic E-state index is 12.9. The molecule has 8 heteroatoms. The minimum Gasteiger partial charge on any atom is -0.497 e. The summed E-state index contributed by atoms with van der Waals surface area (Å²) in [6.45, 7) is 5.57. The lowest BCUT2D eigenvalue weighted by Crippen LogP contribution is -2.49. The number of hydrogen-bond acceptors (Lipinski definition) is 6. The molecule has 0 spiro atoms. The van der Waals surface area contributed by atoms with Gasteiger partial charge in [0, 0.05) is 50.8 Å². The maximum atomic E-state index is 12.9. The number of anilines is 1. The van der Waals surface area contributed by atoms with Crippen LogP contribution >= 0.6 is 0 Å². The molecule has 0 bridgehead atoms. The first-order valence-corrected chi connectivity index (χ1v) is 12.5. The number of methoxy groups -OCH3 is 1. The van der Waals surface area contributed by atoms with Crippen molar-refractivity contribution >= 4 is 15.7 Å². The monoisotopic (exact) mass is 466 g/mol. The zero-order valence-corrected chi connectivity index (χ0v) is 19.8. The zero-order chi connectivity index (χ0) is 23.3. The minimum atomic E-state index is -3.60. The summed E-state index contributed by atoms with van der Waals surface area (Å²) < 4.78 is 33.9. The van der Waals surface area contributed by atoms with E-state index in [2.05, 4.69) is 31.6 Å². The molecule has 1 aromatic heterocycles. The van der Waals surface area contributed by atoms with Gasteiger partial charge in [0.1, 0.15) is 5.75 Å². The highest BCUT2D eigenvalue weighted by Gasteiger charge is 2.27. The molecule has 1 fully saturated rings. The van der Waals surface area contributed by atoms with Gasteiger partial charge in [-0.1, -0.05) is 23.8 Å². The molecule has 4 rings (SSSR count). The van der Waals surface area contributed by atoms with Crippen LogP contribution in [0.5, 0.6) is 5.75 Å². The van der Waals surface area contributed by atoms with Crippen LogP contribution in [0, 0.1) is 6.92 Å². The highest BCUT2D eigenvalue weighted by molar-refractivity contribution is 7.89. The average molecular weight is 467 g/mol. The number of hydrogen-bond donors (Lipinski definition) is 1. The molecular weight excluding hydrogens is 436 g/mol. The summed E-state index contributed by atoms with van der Waals surface area (Å²) in [4.78, 5) is 9.21. The Morgan fingerprint density at radius 2 is 1.70 bits per heavy atom. The normalized spacial score (nSPS) is 15.9. The predicted molar refractivity (Wildman–Crippen MR) is 130 cm³/mol. The number of rotatable bonds is 8. The first-order chi connectivity index (χ1) is 16.0. The lowest BCUT2D eigenvalue weighted by atomic mass is 10.1. The lowest BCUT2D eigenvalue weighted by Gasteiger charge is -2.40. The van der Waals surface area contributed by atoms with Crippen LogP contribution in [0.15, 0.2) is 78.0 Å². The van der Waals surface area contributed by atoms with Crippen molar-refractivity contribution in [2.75, 3.05) is 44.7 Å². The van der Waals surface area contributed by atoms with Crippen molar-refractivity contribution in [3.8, 4) is 5.75 Å². The van der Waals surface area contributed by atoms with Crippen LogP contribution in [-0.4, -0.2) is 58.1 Å². The Bertz CT molecular complexity index is 1130. The van der Waals surface area contributed by atoms with E-state index < -0.39 is 10.0 Å². The van der Waals surface area contributed by atoms with Gasteiger partial charge in [-0.05, 0) is 55.0 Å². The Hall–Kier alpha value is -2.94. The zero-order valence-electron chi connectivity index (χ0n) is 19.0. The van der Waals surface area contributed by atoms with Crippen molar-refractivity contribution in [1.29, 1.82) is 0 Å². The molecule has 0 radical (unpaired) electrons. The van der Waals surface area contributed by atoms with Gasteiger partial charge >= 0.3 is 0 Å². The fourth-order valence-corrected chi connectivity index (χ4v) is 5.14. The number of nitrogens with zero attached hydrogens (tertiary/aromatic N) is 3. The van der Waals surface area contributed by atoms with Crippen LogP contribution in [-0.2, 0) is 10.0 Å². The number of sulfonamides is 1. The Morgan fingerprint density at radius 1 is 1.00 bits per heavy atom. The summed E-state index contributed by atoms with van der Waals surface area (Å²) in [5, 5.41) is 0. The van der Waals surface area contributed by atoms with Gasteiger partial charge in [-0.2, -0.15) is 0 Å². The van der Waals surface area contributed by atoms with Gasteiger partial charge in [0.2, 0.25) is 10.0 Å². The van der Waals surface area contributed by atoms with Crippen molar-refractivity contribution in [3.63, 3.8) is 0 Å². The molecule has 3 aromatic rings. The Labute approximate surface area is 196 Å². The molecule has 33 heavy (non-hydrogen) atoms. The highest BCUT2D eigenvalue weighted by atomic mass is 32.2. The summed E-state index contributed by atoms with van der Waals surface area (Å²) in [5.74, 6) is 0.842. The largest absolute Gasteiger partial charge is 0.497 e. The molecule has 2 aromatic carbocycles. The van der Waals surface area contributed by atoms with Gasteiger partial charge in [-0.15, -0.1) is 0 Å². The molecule has 2 heterocycles. The van der Waals surface area contributed by atoms with Crippen molar-refractivity contribution in [2.45, 2.75) is 17.9 Å². The summed E-state index contributed by atoms with van der Waals surface area (Å²) in [7, 11) is -1.93. The average Bonchev–Trinajstić information content (AvgIpc) is 2.85. The fraction of sp³-hybridized carbons (Fsp3) is 0.320. The number of ether oxygens (including phenoxy) is 1. The number of nitrogens with one attached hydrogen (secondary N) is 1. The molecule has 174 valence electrons. The van der Waals surface area contributed by atoms with E-state index in [0.29, 0.717) is 0 Å². The molecular formula is C25H30N4O3S. The SMILES string of the molecule is COc1ccc(N2CCN([C@@H](CNS(=O)(=O)c3ccc(C)cc3)c3cccnc3)CC2)cc1. The van der Waals surface area contributed by atoms with E-state index in [-0.39, 0.29) is 17.5 Å². The van der Waals surface area contributed by atoms with Crippen LogP contribution in [0.2, 0.25) is 0 Å². The lowest BCUT2D eigenvalue weighted by molar-refractivity contribution is 0.186. The van der Waals surface area contributed by atoms with Crippen LogP contribution in [0.25, 0.3) is 0 Å². The van der Waals surface area contributed by atoms with Crippen LogP contribution in [0.4, 0.5) is 5.69 Å². The Morgan fingerprint density at radius 3 is 2.30 bits per heavy atom. The maximum Gasteiger partial charge on any atom is 0.240 e. The number of pyridine rings is 1. The quantitative estimate of drug-likeness (QED) is 0.549. The number of aryl methyl sites for hydroxylation is 1. The fourth-order valence-electron chi connectivity index (χ4n) is 4.11. The van der Waals surface area contributed by atoms with E-state index in [1.807, 2.05) is 49.5 Å². The number of piperazine rings is 1. The Balaban J connectivity index is 1.46. The second-order valence-corrected chi connectivity index (χ2v) is 9.96. The number of benzene rings is 2. The Kier molecular flexibility index (Phi) is 7.27. The van der Waals surface area contributed by atoms with E-state index in [0.717, 1.165) is 48.7 Å². The second kappa shape index (κ2) is 10.3. The van der Waals surface area contributed by atoms with Crippen molar-refractivity contribution in [3.05, 3.63) is 84.2 Å². The molecule has 0 unspecified atom stereocenters. The minimum absolute atomic E-state index is 0.100. The smallest absolute Gasteiger partial charge is 0.240 e. The molecule has 1 N–H and O–H groups in total. The van der Waals surface area contributed by atoms with E-state index in [1.54, 1.807) is 25.4 Å². The van der Waals surface area contributed by atoms with Crippen molar-refractivity contribution in [1.82, 2.24) is 14.6 Å². The van der Waals surface area contributed by atoms with E-state index >= 15 is 0 Å². The molecule has 0 aliphatic carbocycles. The van der Waals surface area contributed by atoms with Crippen molar-refractivity contribution < 1.29 is 13.2 Å². The standard InChI is InChI=1S/C25H30N4O3S/c1-20-5-11-24(12-6-20)33(30,31)27-19-25(21-4-3-13-26-18-21)29-16-14-28(15-17-29)22-7-9-23(32-2)10-8-22/h3-13,18,25,27H,14-17,19H2,1-2H3/t25-/m0/s1. The first kappa shape index (κ1) is 23.2. The van der Waals surface area contributed by atoms with E-state index in [4.69, 9.17) is 4.74 Å². The van der Waals surface area contributed by atoms with Crippen molar-refractivity contribution in [2.24, 2.45) is 0 Å². The molecule has 1 aliphatic heterocycles. The molecule has 7 nitrogen and oxygen atoms in total. The summed E-state index contributed by atoms with van der Waals surface area (Å²) in [6.07, 6.45) is 3.55. The second-order valence-electron chi connectivity index (χ2n) is 8.19.